The van der Waals surface area contributed by atoms with Crippen LogP contribution in [0, 0.1) is 10.1 Å². The van der Waals surface area contributed by atoms with Gasteiger partial charge in [-0.15, -0.1) is 0 Å². The molecule has 0 saturated heterocycles. The summed E-state index contributed by atoms with van der Waals surface area (Å²) in [4.78, 5) is 28.5. The fourth-order valence-corrected chi connectivity index (χ4v) is 2.41. The molecule has 7 nitrogen and oxygen atoms in total. The summed E-state index contributed by atoms with van der Waals surface area (Å²) in [6.07, 6.45) is 3.08. The number of nitro groups is 1. The number of carbonyl (C=O) groups is 1. The van der Waals surface area contributed by atoms with E-state index in [9.17, 15) is 14.9 Å². The van der Waals surface area contributed by atoms with Gasteiger partial charge in [0.15, 0.2) is 5.52 Å². The first kappa shape index (κ1) is 15.4. The van der Waals surface area contributed by atoms with Crippen molar-refractivity contribution in [2.45, 2.75) is 6.42 Å². The Morgan fingerprint density at radius 2 is 2.00 bits per heavy atom. The number of H-pyrrole nitrogens is 1. The van der Waals surface area contributed by atoms with Gasteiger partial charge < -0.3 is 10.1 Å². The van der Waals surface area contributed by atoms with Crippen LogP contribution in [-0.2, 0) is 11.2 Å². The van der Waals surface area contributed by atoms with Crippen molar-refractivity contribution in [3.05, 3.63) is 75.6 Å². The first-order valence-electron chi connectivity index (χ1n) is 7.15. The molecule has 24 heavy (non-hydrogen) atoms. The predicted molar refractivity (Wildman–Crippen MR) is 88.7 cm³/mol. The highest BCUT2D eigenvalue weighted by atomic mass is 16.6. The number of para-hydroxylation sites is 1. The summed E-state index contributed by atoms with van der Waals surface area (Å²) in [6.45, 7) is 0. The van der Waals surface area contributed by atoms with E-state index in [0.29, 0.717) is 23.3 Å². The number of aromatic amines is 1. The molecule has 0 unspecified atom stereocenters. The number of aliphatic carboxylic acids is 1. The summed E-state index contributed by atoms with van der Waals surface area (Å²) >= 11 is 0. The van der Waals surface area contributed by atoms with Gasteiger partial charge in [0.25, 0.3) is 5.69 Å². The summed E-state index contributed by atoms with van der Waals surface area (Å²) in [5, 5.41) is 19.6. The molecule has 0 bridgehead atoms. The van der Waals surface area contributed by atoms with E-state index in [4.69, 9.17) is 5.11 Å². The van der Waals surface area contributed by atoms with E-state index in [1.165, 1.54) is 12.1 Å². The second kappa shape index (κ2) is 6.33. The fraction of sp³-hybridized carbons (Fsp3) is 0.0588. The Labute approximate surface area is 136 Å². The lowest BCUT2D eigenvalue weighted by Gasteiger charge is -1.99. The molecule has 0 aliphatic carbocycles. The van der Waals surface area contributed by atoms with Gasteiger partial charge in [-0.3, -0.25) is 10.1 Å². The third-order valence-corrected chi connectivity index (χ3v) is 3.51. The largest absolute Gasteiger partial charge is 0.478 e. The minimum absolute atomic E-state index is 0.0239. The van der Waals surface area contributed by atoms with Gasteiger partial charge in [0.1, 0.15) is 5.82 Å². The molecule has 2 N–H and O–H groups in total. The molecule has 0 aliphatic rings. The van der Waals surface area contributed by atoms with E-state index in [2.05, 4.69) is 9.97 Å². The van der Waals surface area contributed by atoms with Crippen molar-refractivity contribution in [2.24, 2.45) is 0 Å². The Morgan fingerprint density at radius 1 is 1.25 bits per heavy atom. The van der Waals surface area contributed by atoms with Crippen molar-refractivity contribution in [3.8, 4) is 0 Å². The standard InChI is InChI=1S/C17H13N3O4/c21-16(22)9-8-11-4-6-12(7-5-11)10-15-18-13-2-1-3-14(20(23)24)17(13)19-15/h1-9H,10H2,(H,18,19)(H,21,22). The quantitative estimate of drug-likeness (QED) is 0.426. The summed E-state index contributed by atoms with van der Waals surface area (Å²) < 4.78 is 0. The number of non-ortho nitro benzene ring substituents is 1. The maximum Gasteiger partial charge on any atom is 0.328 e. The molecule has 2 aromatic carbocycles. The van der Waals surface area contributed by atoms with Crippen molar-refractivity contribution in [3.63, 3.8) is 0 Å². The maximum absolute atomic E-state index is 11.0. The first-order valence-corrected chi connectivity index (χ1v) is 7.15. The molecule has 0 amide bonds. The molecule has 0 spiro atoms. The van der Waals surface area contributed by atoms with Crippen LogP contribution in [0.15, 0.2) is 48.5 Å². The SMILES string of the molecule is O=C(O)C=Cc1ccc(Cc2nc3c([N+](=O)[O-])cccc3[nH]2)cc1. The molecule has 0 radical (unpaired) electrons. The van der Waals surface area contributed by atoms with Gasteiger partial charge in [0.2, 0.25) is 0 Å². The molecule has 3 rings (SSSR count). The normalized spacial score (nSPS) is 11.2. The first-order chi connectivity index (χ1) is 11.5. The number of carboxylic acids is 1. The minimum atomic E-state index is -0.997. The second-order valence-electron chi connectivity index (χ2n) is 5.20. The van der Waals surface area contributed by atoms with Crippen LogP contribution in [0.4, 0.5) is 5.69 Å². The number of aromatic nitrogens is 2. The van der Waals surface area contributed by atoms with E-state index < -0.39 is 10.9 Å². The maximum atomic E-state index is 11.0. The summed E-state index contributed by atoms with van der Waals surface area (Å²) in [7, 11) is 0. The fourth-order valence-electron chi connectivity index (χ4n) is 2.41. The third kappa shape index (κ3) is 3.30. The van der Waals surface area contributed by atoms with Crippen molar-refractivity contribution >= 4 is 28.8 Å². The number of fused-ring (bicyclic) bond motifs is 1. The van der Waals surface area contributed by atoms with Gasteiger partial charge in [-0.1, -0.05) is 30.3 Å². The van der Waals surface area contributed by atoms with E-state index in [1.54, 1.807) is 24.3 Å². The Morgan fingerprint density at radius 3 is 2.67 bits per heavy atom. The second-order valence-corrected chi connectivity index (χ2v) is 5.20. The smallest absolute Gasteiger partial charge is 0.328 e. The number of benzene rings is 2. The summed E-state index contributed by atoms with van der Waals surface area (Å²) in [6, 6.07) is 12.1. The van der Waals surface area contributed by atoms with Crippen molar-refractivity contribution in [1.29, 1.82) is 0 Å². The lowest BCUT2D eigenvalue weighted by atomic mass is 10.1. The number of nitrogens with one attached hydrogen (secondary N) is 1. The molecule has 3 aromatic rings. The number of hydrogen-bond donors (Lipinski definition) is 2. The van der Waals surface area contributed by atoms with Crippen LogP contribution in [0.2, 0.25) is 0 Å². The number of rotatable bonds is 5. The summed E-state index contributed by atoms with van der Waals surface area (Å²) in [5.41, 5.74) is 2.69. The number of nitro benzene ring substituents is 1. The van der Waals surface area contributed by atoms with Crippen molar-refractivity contribution < 1.29 is 14.8 Å². The molecule has 0 aliphatic heterocycles. The van der Waals surface area contributed by atoms with Gasteiger partial charge in [0, 0.05) is 18.6 Å². The third-order valence-electron chi connectivity index (χ3n) is 3.51. The van der Waals surface area contributed by atoms with Crippen LogP contribution in [0.3, 0.4) is 0 Å². The molecule has 1 aromatic heterocycles. The Balaban J connectivity index is 1.83. The highest BCUT2D eigenvalue weighted by Crippen LogP contribution is 2.24. The number of imidazole rings is 1. The zero-order chi connectivity index (χ0) is 17.1. The highest BCUT2D eigenvalue weighted by molar-refractivity contribution is 5.85. The molecular weight excluding hydrogens is 310 g/mol. The van der Waals surface area contributed by atoms with Crippen molar-refractivity contribution in [2.75, 3.05) is 0 Å². The number of nitrogens with zero attached hydrogens (tertiary/aromatic N) is 2. The van der Waals surface area contributed by atoms with E-state index in [1.807, 2.05) is 12.1 Å². The van der Waals surface area contributed by atoms with E-state index in [-0.39, 0.29) is 5.69 Å². The molecule has 0 atom stereocenters. The van der Waals surface area contributed by atoms with Crippen LogP contribution in [0.1, 0.15) is 17.0 Å². The van der Waals surface area contributed by atoms with Crippen molar-refractivity contribution in [1.82, 2.24) is 9.97 Å². The van der Waals surface area contributed by atoms with E-state index in [0.717, 1.165) is 17.2 Å². The van der Waals surface area contributed by atoms with Crippen LogP contribution >= 0.6 is 0 Å². The van der Waals surface area contributed by atoms with Gasteiger partial charge in [-0.05, 0) is 23.3 Å². The van der Waals surface area contributed by atoms with Gasteiger partial charge in [-0.2, -0.15) is 0 Å². The van der Waals surface area contributed by atoms with Crippen LogP contribution in [0.5, 0.6) is 0 Å². The highest BCUT2D eigenvalue weighted by Gasteiger charge is 2.15. The predicted octanol–water partition coefficient (Wildman–Crippen LogP) is 3.16. The lowest BCUT2D eigenvalue weighted by molar-refractivity contribution is -0.383. The van der Waals surface area contributed by atoms with Gasteiger partial charge in [0.05, 0.1) is 10.4 Å². The molecule has 7 heteroatoms. The Bertz CT molecular complexity index is 942. The monoisotopic (exact) mass is 323 g/mol. The average molecular weight is 323 g/mol. The molecule has 0 saturated carbocycles. The van der Waals surface area contributed by atoms with Gasteiger partial charge in [-0.25, -0.2) is 9.78 Å². The summed E-state index contributed by atoms with van der Waals surface area (Å²) in [5.74, 6) is -0.365. The minimum Gasteiger partial charge on any atom is -0.478 e. The van der Waals surface area contributed by atoms with Crippen LogP contribution in [0.25, 0.3) is 17.1 Å². The molecule has 1 heterocycles. The Kier molecular flexibility index (Phi) is 4.07. The zero-order valence-electron chi connectivity index (χ0n) is 12.5. The number of carboxylic acid groups (broad SMARTS) is 1. The number of hydrogen-bond acceptors (Lipinski definition) is 4. The molecular formula is C17H13N3O4. The molecule has 0 fully saturated rings. The lowest BCUT2D eigenvalue weighted by Crippen LogP contribution is -1.91. The molecule has 120 valence electrons. The van der Waals surface area contributed by atoms with Gasteiger partial charge >= 0.3 is 5.97 Å². The Hall–Kier alpha value is -3.48. The average Bonchev–Trinajstić information content (AvgIpc) is 2.96. The topological polar surface area (TPSA) is 109 Å². The van der Waals surface area contributed by atoms with E-state index >= 15 is 0 Å². The zero-order valence-corrected chi connectivity index (χ0v) is 12.5. The van der Waals surface area contributed by atoms with Crippen LogP contribution in [-0.4, -0.2) is 26.0 Å². The van der Waals surface area contributed by atoms with Crippen LogP contribution < -0.4 is 0 Å².